The highest BCUT2D eigenvalue weighted by atomic mass is 19.4. The highest BCUT2D eigenvalue weighted by Crippen LogP contribution is 2.51. The quantitative estimate of drug-likeness (QED) is 0.928. The number of hydrogen-bond donors (Lipinski definition) is 1. The smallest absolute Gasteiger partial charge is 0.405 e. The third kappa shape index (κ3) is 3.77. The van der Waals surface area contributed by atoms with Crippen LogP contribution in [0.4, 0.5) is 13.2 Å². The van der Waals surface area contributed by atoms with Gasteiger partial charge in [-0.05, 0) is 36.8 Å². The molecule has 2 N–H and O–H groups in total. The molecule has 126 valence electrons. The van der Waals surface area contributed by atoms with Crippen molar-refractivity contribution in [2.24, 2.45) is 11.7 Å². The number of nitrogens with zero attached hydrogens (tertiary/aromatic N) is 1. The van der Waals surface area contributed by atoms with E-state index in [1.54, 1.807) is 17.0 Å². The number of amides is 1. The fourth-order valence-electron chi connectivity index (χ4n) is 3.17. The Balaban J connectivity index is 1.67. The van der Waals surface area contributed by atoms with Crippen molar-refractivity contribution in [1.29, 1.82) is 0 Å². The van der Waals surface area contributed by atoms with Crippen molar-refractivity contribution in [2.45, 2.75) is 37.6 Å². The summed E-state index contributed by atoms with van der Waals surface area (Å²) in [6, 6.07) is 6.19. The Morgan fingerprint density at radius 3 is 2.52 bits per heavy atom. The molecule has 2 atom stereocenters. The Kier molecular flexibility index (Phi) is 4.23. The molecule has 1 saturated heterocycles. The zero-order chi connectivity index (χ0) is 16.6. The molecule has 1 saturated carbocycles. The van der Waals surface area contributed by atoms with Gasteiger partial charge in [0.2, 0.25) is 5.91 Å². The molecule has 2 unspecified atom stereocenters. The van der Waals surface area contributed by atoms with Crippen LogP contribution < -0.4 is 10.5 Å². The van der Waals surface area contributed by atoms with Crippen LogP contribution in [0, 0.1) is 5.92 Å². The van der Waals surface area contributed by atoms with E-state index in [1.807, 2.05) is 0 Å². The predicted octanol–water partition coefficient (Wildman–Crippen LogP) is 2.64. The van der Waals surface area contributed by atoms with Crippen LogP contribution in [0.1, 0.15) is 30.7 Å². The molecule has 0 spiro atoms. The first-order valence-corrected chi connectivity index (χ1v) is 7.74. The fourth-order valence-corrected chi connectivity index (χ4v) is 3.17. The lowest BCUT2D eigenvalue weighted by molar-refractivity contribution is -0.274. The number of likely N-dealkylation sites (tertiary alicyclic amines) is 1. The standard InChI is InChI=1S/C16H19F3N2O2/c17-16(18,19)23-14-4-2-1-3-11(14)12-9-13(12)15(22)21-7-5-10(20)6-8-21/h1-4,10,12-13H,5-9,20H2. The Morgan fingerprint density at radius 1 is 1.22 bits per heavy atom. The lowest BCUT2D eigenvalue weighted by Gasteiger charge is -2.30. The van der Waals surface area contributed by atoms with E-state index in [9.17, 15) is 18.0 Å². The first-order chi connectivity index (χ1) is 10.8. The molecule has 2 aliphatic rings. The minimum absolute atomic E-state index is 0.0173. The normalized spacial score (nSPS) is 25.3. The molecule has 0 radical (unpaired) electrons. The monoisotopic (exact) mass is 328 g/mol. The summed E-state index contributed by atoms with van der Waals surface area (Å²) in [6.45, 7) is 1.26. The second-order valence-corrected chi connectivity index (χ2v) is 6.20. The van der Waals surface area contributed by atoms with Crippen LogP contribution in [0.25, 0.3) is 0 Å². The molecule has 23 heavy (non-hydrogen) atoms. The number of rotatable bonds is 3. The molecule has 2 fully saturated rings. The Bertz CT molecular complexity index is 583. The van der Waals surface area contributed by atoms with Gasteiger partial charge in [-0.15, -0.1) is 13.2 Å². The molecule has 1 amide bonds. The van der Waals surface area contributed by atoms with Gasteiger partial charge in [0.15, 0.2) is 0 Å². The first kappa shape index (κ1) is 16.1. The van der Waals surface area contributed by atoms with Crippen molar-refractivity contribution in [3.63, 3.8) is 0 Å². The molecule has 0 aromatic heterocycles. The van der Waals surface area contributed by atoms with Crippen LogP contribution in [-0.2, 0) is 4.79 Å². The van der Waals surface area contributed by atoms with E-state index in [0.717, 1.165) is 12.8 Å². The summed E-state index contributed by atoms with van der Waals surface area (Å²) >= 11 is 0. The number of piperidine rings is 1. The maximum atomic E-state index is 12.5. The highest BCUT2D eigenvalue weighted by Gasteiger charge is 2.48. The van der Waals surface area contributed by atoms with Gasteiger partial charge in [0, 0.05) is 25.0 Å². The number of benzene rings is 1. The molecule has 1 aromatic carbocycles. The number of carbonyl (C=O) groups excluding carboxylic acids is 1. The average Bonchev–Trinajstić information content (AvgIpc) is 3.26. The van der Waals surface area contributed by atoms with Gasteiger partial charge >= 0.3 is 6.36 Å². The lowest BCUT2D eigenvalue weighted by Crippen LogP contribution is -2.43. The van der Waals surface area contributed by atoms with E-state index in [1.165, 1.54) is 12.1 Å². The van der Waals surface area contributed by atoms with Crippen molar-refractivity contribution in [3.8, 4) is 5.75 Å². The van der Waals surface area contributed by atoms with Gasteiger partial charge in [0.05, 0.1) is 0 Å². The number of carbonyl (C=O) groups is 1. The number of hydrogen-bond acceptors (Lipinski definition) is 3. The largest absolute Gasteiger partial charge is 0.573 e. The molecular weight excluding hydrogens is 309 g/mol. The summed E-state index contributed by atoms with van der Waals surface area (Å²) < 4.78 is 41.5. The third-order valence-corrected chi connectivity index (χ3v) is 4.50. The van der Waals surface area contributed by atoms with Crippen molar-refractivity contribution >= 4 is 5.91 Å². The predicted molar refractivity (Wildman–Crippen MR) is 77.8 cm³/mol. The van der Waals surface area contributed by atoms with Gasteiger partial charge in [0.25, 0.3) is 0 Å². The number of halogens is 3. The topological polar surface area (TPSA) is 55.6 Å². The second kappa shape index (κ2) is 6.03. The highest BCUT2D eigenvalue weighted by molar-refractivity contribution is 5.83. The second-order valence-electron chi connectivity index (χ2n) is 6.20. The van der Waals surface area contributed by atoms with Crippen LogP contribution in [0.5, 0.6) is 5.75 Å². The zero-order valence-corrected chi connectivity index (χ0v) is 12.6. The van der Waals surface area contributed by atoms with Crippen LogP contribution in [0.15, 0.2) is 24.3 Å². The van der Waals surface area contributed by atoms with Crippen LogP contribution >= 0.6 is 0 Å². The SMILES string of the molecule is NC1CCN(C(=O)C2CC2c2ccccc2OC(F)(F)F)CC1. The van der Waals surface area contributed by atoms with E-state index >= 15 is 0 Å². The van der Waals surface area contributed by atoms with Crippen LogP contribution in [0.2, 0.25) is 0 Å². The summed E-state index contributed by atoms with van der Waals surface area (Å²) in [7, 11) is 0. The average molecular weight is 328 g/mol. The number of nitrogens with two attached hydrogens (primary N) is 1. The zero-order valence-electron chi connectivity index (χ0n) is 12.6. The van der Waals surface area contributed by atoms with Crippen molar-refractivity contribution in [3.05, 3.63) is 29.8 Å². The molecule has 1 aliphatic carbocycles. The molecular formula is C16H19F3N2O2. The van der Waals surface area contributed by atoms with E-state index in [-0.39, 0.29) is 29.5 Å². The molecule has 7 heteroatoms. The van der Waals surface area contributed by atoms with Gasteiger partial charge in [0.1, 0.15) is 5.75 Å². The maximum Gasteiger partial charge on any atom is 0.573 e. The summed E-state index contributed by atoms with van der Waals surface area (Å²) in [5, 5.41) is 0. The molecule has 1 aromatic rings. The van der Waals surface area contributed by atoms with Crippen molar-refractivity contribution in [1.82, 2.24) is 4.90 Å². The fraction of sp³-hybridized carbons (Fsp3) is 0.562. The Labute approximate surface area is 132 Å². The molecule has 1 heterocycles. The lowest BCUT2D eigenvalue weighted by atomic mass is 10.0. The van der Waals surface area contributed by atoms with E-state index in [4.69, 9.17) is 5.73 Å². The van der Waals surface area contributed by atoms with E-state index in [0.29, 0.717) is 25.1 Å². The Morgan fingerprint density at radius 2 is 1.87 bits per heavy atom. The number of ether oxygens (including phenoxy) is 1. The third-order valence-electron chi connectivity index (χ3n) is 4.50. The van der Waals surface area contributed by atoms with Crippen molar-refractivity contribution in [2.75, 3.05) is 13.1 Å². The first-order valence-electron chi connectivity index (χ1n) is 7.74. The number of para-hydroxylation sites is 1. The molecule has 0 bridgehead atoms. The van der Waals surface area contributed by atoms with Gasteiger partial charge in [-0.1, -0.05) is 18.2 Å². The van der Waals surface area contributed by atoms with Gasteiger partial charge in [-0.2, -0.15) is 0 Å². The van der Waals surface area contributed by atoms with Crippen molar-refractivity contribution < 1.29 is 22.7 Å². The molecule has 4 nitrogen and oxygen atoms in total. The molecule has 3 rings (SSSR count). The minimum Gasteiger partial charge on any atom is -0.405 e. The van der Waals surface area contributed by atoms with E-state index < -0.39 is 6.36 Å². The summed E-state index contributed by atoms with van der Waals surface area (Å²) in [5.41, 5.74) is 6.28. The maximum absolute atomic E-state index is 12.5. The van der Waals surface area contributed by atoms with Gasteiger partial charge < -0.3 is 15.4 Å². The van der Waals surface area contributed by atoms with Gasteiger partial charge in [-0.3, -0.25) is 4.79 Å². The summed E-state index contributed by atoms with van der Waals surface area (Å²) in [6.07, 6.45) is -2.61. The van der Waals surface area contributed by atoms with Crippen LogP contribution in [-0.4, -0.2) is 36.3 Å². The number of alkyl halides is 3. The summed E-state index contributed by atoms with van der Waals surface area (Å²) in [4.78, 5) is 14.2. The Hall–Kier alpha value is -1.76. The van der Waals surface area contributed by atoms with E-state index in [2.05, 4.69) is 4.74 Å². The van der Waals surface area contributed by atoms with Gasteiger partial charge in [-0.25, -0.2) is 0 Å². The molecule has 1 aliphatic heterocycles. The van der Waals surface area contributed by atoms with Crippen LogP contribution in [0.3, 0.4) is 0 Å². The summed E-state index contributed by atoms with van der Waals surface area (Å²) in [5.74, 6) is -0.636. The minimum atomic E-state index is -4.73.